The molecule has 0 fully saturated rings. The zero-order valence-electron chi connectivity index (χ0n) is 39.3. The summed E-state index contributed by atoms with van der Waals surface area (Å²) in [5.41, 5.74) is 9.93. The Labute approximate surface area is 424 Å². The van der Waals surface area contributed by atoms with E-state index in [2.05, 4.69) is 52.7 Å². The van der Waals surface area contributed by atoms with Gasteiger partial charge >= 0.3 is 0 Å². The number of anilines is 4. The minimum Gasteiger partial charge on any atom is -0.439 e. The number of fused-ring (bicyclic) bond motifs is 2. The summed E-state index contributed by atoms with van der Waals surface area (Å²) in [4.78, 5) is 38.9. The van der Waals surface area contributed by atoms with Crippen molar-refractivity contribution >= 4 is 34.8 Å². The molecule has 0 saturated carbocycles. The van der Waals surface area contributed by atoms with Crippen LogP contribution in [0.2, 0.25) is 0 Å². The predicted octanol–water partition coefficient (Wildman–Crippen LogP) is 11.5. The summed E-state index contributed by atoms with van der Waals surface area (Å²) in [5, 5.41) is 35.9. The predicted molar refractivity (Wildman–Crippen MR) is 280 cm³/mol. The van der Waals surface area contributed by atoms with E-state index in [1.54, 1.807) is 92.1 Å². The summed E-state index contributed by atoms with van der Waals surface area (Å²) < 4.78 is 11.8. The van der Waals surface area contributed by atoms with Crippen molar-refractivity contribution < 1.29 is 29.0 Å². The van der Waals surface area contributed by atoms with Gasteiger partial charge in [0.2, 0.25) is 23.7 Å². The molecular formula is C57H54N10O6. The largest absolute Gasteiger partial charge is 0.439 e. The molecule has 2 heterocycles. The molecule has 5 N–H and O–H groups in total. The van der Waals surface area contributed by atoms with Crippen LogP contribution in [0, 0.1) is 22.7 Å². The van der Waals surface area contributed by atoms with E-state index in [0.29, 0.717) is 65.9 Å². The summed E-state index contributed by atoms with van der Waals surface area (Å²) in [6.45, 7) is 2.87. The first-order valence-electron chi connectivity index (χ1n) is 22.9. The van der Waals surface area contributed by atoms with Gasteiger partial charge in [0.15, 0.2) is 5.78 Å². The molecule has 6 aromatic carbocycles. The van der Waals surface area contributed by atoms with Gasteiger partial charge in [-0.2, -0.15) is 20.5 Å². The van der Waals surface area contributed by atoms with Crippen LogP contribution < -0.4 is 26.0 Å². The molecule has 2 aromatic heterocycles. The first kappa shape index (κ1) is 53.0. The fraction of sp³-hybridized carbons (Fsp3) is 0.158. The number of nitrogens with two attached hydrogens (primary N) is 1. The highest BCUT2D eigenvalue weighted by Gasteiger charge is 2.21. The molecule has 0 bridgehead atoms. The van der Waals surface area contributed by atoms with Gasteiger partial charge < -0.3 is 30.1 Å². The van der Waals surface area contributed by atoms with E-state index in [0.717, 1.165) is 64.2 Å². The van der Waals surface area contributed by atoms with Gasteiger partial charge in [0.25, 0.3) is 0 Å². The number of hydrogen-bond acceptors (Lipinski definition) is 16. The number of nitriles is 2. The Bertz CT molecular complexity index is 3140. The van der Waals surface area contributed by atoms with Gasteiger partial charge in [0.05, 0.1) is 35.6 Å². The number of carbonyl (C=O) groups is 1. The zero-order valence-corrected chi connectivity index (χ0v) is 39.3. The maximum Gasteiger partial charge on any atom is 0.230 e. The van der Waals surface area contributed by atoms with Gasteiger partial charge in [-0.3, -0.25) is 9.63 Å². The van der Waals surface area contributed by atoms with Crippen molar-refractivity contribution in [2.75, 3.05) is 17.2 Å². The molecule has 0 aliphatic heterocycles. The van der Waals surface area contributed by atoms with Gasteiger partial charge in [0, 0.05) is 60.1 Å². The van der Waals surface area contributed by atoms with E-state index < -0.39 is 0 Å². The molecule has 16 heteroatoms. The third-order valence-corrected chi connectivity index (χ3v) is 10.6. The number of benzene rings is 6. The lowest BCUT2D eigenvalue weighted by Crippen LogP contribution is -1.99. The van der Waals surface area contributed by atoms with Gasteiger partial charge in [-0.1, -0.05) is 73.2 Å². The second kappa shape index (κ2) is 27.8. The number of aliphatic hydroxyl groups excluding tert-OH is 1. The second-order valence-electron chi connectivity index (χ2n) is 15.7. The van der Waals surface area contributed by atoms with Crippen molar-refractivity contribution in [2.45, 2.75) is 53.2 Å². The maximum absolute atomic E-state index is 11.7. The molecular weight excluding hydrogens is 921 g/mol. The number of ketones is 1. The van der Waals surface area contributed by atoms with Crippen molar-refractivity contribution in [3.8, 4) is 35.4 Å². The third kappa shape index (κ3) is 16.1. The van der Waals surface area contributed by atoms with Crippen LogP contribution >= 0.6 is 0 Å². The van der Waals surface area contributed by atoms with Crippen LogP contribution in [-0.4, -0.2) is 43.1 Å². The topological polar surface area (TPSA) is 236 Å². The molecule has 10 rings (SSSR count). The molecule has 2 aliphatic carbocycles. The van der Waals surface area contributed by atoms with Crippen LogP contribution in [0.3, 0.4) is 0 Å². The smallest absolute Gasteiger partial charge is 0.230 e. The molecule has 16 nitrogen and oxygen atoms in total. The van der Waals surface area contributed by atoms with Crippen molar-refractivity contribution in [3.63, 3.8) is 0 Å². The van der Waals surface area contributed by atoms with Crippen LogP contribution in [0.15, 0.2) is 175 Å². The van der Waals surface area contributed by atoms with E-state index in [1.807, 2.05) is 84.9 Å². The zero-order chi connectivity index (χ0) is 50.3. The van der Waals surface area contributed by atoms with Crippen molar-refractivity contribution in [2.24, 2.45) is 11.1 Å². The van der Waals surface area contributed by atoms with Crippen LogP contribution in [0.4, 0.5) is 23.3 Å². The number of aryl methyl sites for hydroxylation is 2. The van der Waals surface area contributed by atoms with Gasteiger partial charge in [-0.25, -0.2) is 15.9 Å². The highest BCUT2D eigenvalue weighted by Crippen LogP contribution is 2.31. The molecule has 8 aromatic rings. The van der Waals surface area contributed by atoms with Gasteiger partial charge in [-0.15, -0.1) is 0 Å². The van der Waals surface area contributed by atoms with Crippen LogP contribution in [0.1, 0.15) is 76.5 Å². The Morgan fingerprint density at radius 3 is 1.58 bits per heavy atom. The second-order valence-corrected chi connectivity index (χ2v) is 15.7. The molecule has 0 spiro atoms. The SMILES string of the molecule is C.CCO.N#Cc1ccc(Nc2nccc(Oc3ccc4c(c3)CC/C4=N\OCc3ccccc3)n2)cc1.N#Cc1ccc(Nc2nccc(Oc3ccc4c(c3)CCC4=O)n2)cc1.NOCc1ccccc1. The summed E-state index contributed by atoms with van der Waals surface area (Å²) in [6, 6.07) is 52.8. The van der Waals surface area contributed by atoms with E-state index >= 15 is 0 Å². The number of carbonyl (C=O) groups excluding carboxylic acids is 1. The molecule has 0 unspecified atom stereocenters. The molecule has 0 atom stereocenters. The fourth-order valence-corrected chi connectivity index (χ4v) is 7.20. The molecule has 0 amide bonds. The Kier molecular flexibility index (Phi) is 20.2. The number of aromatic nitrogens is 4. The van der Waals surface area contributed by atoms with Gasteiger partial charge in [-0.05, 0) is 133 Å². The number of oxime groups is 1. The quantitative estimate of drug-likeness (QED) is 0.0786. The summed E-state index contributed by atoms with van der Waals surface area (Å²) in [7, 11) is 0. The van der Waals surface area contributed by atoms with Crippen molar-refractivity contribution in [3.05, 3.63) is 215 Å². The lowest BCUT2D eigenvalue weighted by molar-refractivity contribution is 0.0994. The highest BCUT2D eigenvalue weighted by molar-refractivity contribution is 6.04. The number of rotatable bonds is 13. The minimum absolute atomic E-state index is 0. The Balaban J connectivity index is 0.000000196. The molecule has 368 valence electrons. The molecule has 73 heavy (non-hydrogen) atoms. The summed E-state index contributed by atoms with van der Waals surface area (Å²) >= 11 is 0. The number of ether oxygens (including phenoxy) is 2. The Morgan fingerprint density at radius 1 is 0.616 bits per heavy atom. The standard InChI is InChI=1S/C27H21N5O2.C20H14N4O2.C7H9NO.C2H6O.CH4/c28-17-19-6-9-22(10-7-19)30-27-29-15-14-26(31-27)34-23-11-12-24-21(16-23)8-13-25(24)32-33-18-20-4-2-1-3-5-20;21-12-13-1-4-15(5-2-13)23-20-22-10-9-19(24-20)26-16-6-7-17-14(11-16)3-8-18(17)25;8-9-6-7-4-2-1-3-5-7;1-2-3;/h1-7,9-12,14-16H,8,13,18H2,(H,29,30,31);1-2,4-7,9-11H,3,8H2,(H,22,23,24);1-5H,6,8H2;3H,2H2,1H3;1H4/b32-25+;;;;. The number of nitrogens with zero attached hydrogens (tertiary/aromatic N) is 7. The molecule has 0 radical (unpaired) electrons. The summed E-state index contributed by atoms with van der Waals surface area (Å²) in [5.74, 6) is 8.03. The number of aliphatic hydroxyl groups is 1. The van der Waals surface area contributed by atoms with Crippen LogP contribution in [0.25, 0.3) is 0 Å². The van der Waals surface area contributed by atoms with E-state index in [1.165, 1.54) is 5.56 Å². The number of nitrogens with one attached hydrogen (secondary N) is 2. The maximum atomic E-state index is 11.7. The van der Waals surface area contributed by atoms with Crippen molar-refractivity contribution in [1.82, 2.24) is 19.9 Å². The van der Waals surface area contributed by atoms with Crippen molar-refractivity contribution in [1.29, 1.82) is 10.5 Å². The Morgan fingerprint density at radius 2 is 1.08 bits per heavy atom. The summed E-state index contributed by atoms with van der Waals surface area (Å²) in [6.07, 6.45) is 6.27. The number of hydrogen-bond donors (Lipinski definition) is 4. The van der Waals surface area contributed by atoms with E-state index in [4.69, 9.17) is 35.8 Å². The lowest BCUT2D eigenvalue weighted by atomic mass is 10.1. The first-order chi connectivity index (χ1) is 35.3. The average molecular weight is 975 g/mol. The number of Topliss-reactive ketones (excluding diaryl/α,β-unsaturated/α-hetero) is 1. The average Bonchev–Trinajstić information content (AvgIpc) is 4.00. The monoisotopic (exact) mass is 974 g/mol. The normalized spacial score (nSPS) is 12.0. The van der Waals surface area contributed by atoms with Crippen LogP contribution in [-0.2, 0) is 35.7 Å². The first-order valence-corrected chi connectivity index (χ1v) is 22.9. The fourth-order valence-electron chi connectivity index (χ4n) is 7.20. The van der Waals surface area contributed by atoms with E-state index in [9.17, 15) is 4.79 Å². The highest BCUT2D eigenvalue weighted by atomic mass is 16.6. The molecule has 0 saturated heterocycles. The van der Waals surface area contributed by atoms with Crippen LogP contribution in [0.5, 0.6) is 23.3 Å². The lowest BCUT2D eigenvalue weighted by Gasteiger charge is -2.09. The minimum atomic E-state index is 0. The molecule has 2 aliphatic rings. The van der Waals surface area contributed by atoms with E-state index in [-0.39, 0.29) is 19.8 Å². The van der Waals surface area contributed by atoms with Gasteiger partial charge in [0.1, 0.15) is 18.1 Å². The Hall–Kier alpha value is -9.32. The third-order valence-electron chi connectivity index (χ3n) is 10.6.